The molecule has 6 nitrogen and oxygen atoms in total. The lowest BCUT2D eigenvalue weighted by Gasteiger charge is -2.27. The largest absolute Gasteiger partial charge is 0.481 e. The minimum atomic E-state index is -0.955. The van der Waals surface area contributed by atoms with Crippen molar-refractivity contribution >= 4 is 17.9 Å². The maximum absolute atomic E-state index is 12.0. The molecule has 0 radical (unpaired) electrons. The van der Waals surface area contributed by atoms with Gasteiger partial charge in [-0.05, 0) is 25.7 Å². The van der Waals surface area contributed by atoms with Crippen LogP contribution >= 0.6 is 0 Å². The van der Waals surface area contributed by atoms with Crippen molar-refractivity contribution in [1.29, 1.82) is 0 Å². The van der Waals surface area contributed by atoms with Crippen LogP contribution in [0.4, 0.5) is 4.79 Å². The highest BCUT2D eigenvalue weighted by atomic mass is 16.4. The van der Waals surface area contributed by atoms with Gasteiger partial charge >= 0.3 is 12.0 Å². The predicted molar refractivity (Wildman–Crippen MR) is 76.3 cm³/mol. The molecule has 0 saturated carbocycles. The summed E-state index contributed by atoms with van der Waals surface area (Å²) in [5.41, 5.74) is -0.677. The van der Waals surface area contributed by atoms with Crippen molar-refractivity contribution < 1.29 is 19.5 Å². The third-order valence-electron chi connectivity index (χ3n) is 2.86. The molecule has 0 bridgehead atoms. The highest BCUT2D eigenvalue weighted by Gasteiger charge is 2.27. The van der Waals surface area contributed by atoms with Crippen molar-refractivity contribution in [3.8, 4) is 0 Å². The van der Waals surface area contributed by atoms with Gasteiger partial charge in [0.05, 0.1) is 6.42 Å². The first-order valence-electron chi connectivity index (χ1n) is 6.91. The van der Waals surface area contributed by atoms with E-state index in [1.165, 1.54) is 0 Å². The smallest absolute Gasteiger partial charge is 0.324 e. The molecular weight excluding hydrogens is 260 g/mol. The van der Waals surface area contributed by atoms with Gasteiger partial charge in [0.25, 0.3) is 0 Å². The van der Waals surface area contributed by atoms with Gasteiger partial charge in [0.2, 0.25) is 5.91 Å². The zero-order valence-corrected chi connectivity index (χ0v) is 13.0. The molecule has 0 atom stereocenters. The molecule has 0 spiro atoms. The molecular formula is C14H26N2O4. The first-order chi connectivity index (χ1) is 9.09. The molecule has 0 unspecified atom stereocenters. The van der Waals surface area contributed by atoms with Gasteiger partial charge in [-0.15, -0.1) is 0 Å². The molecule has 0 aromatic rings. The van der Waals surface area contributed by atoms with Crippen LogP contribution in [0.5, 0.6) is 0 Å². The van der Waals surface area contributed by atoms with Gasteiger partial charge in [-0.3, -0.25) is 14.9 Å². The maximum Gasteiger partial charge on any atom is 0.324 e. The monoisotopic (exact) mass is 286 g/mol. The van der Waals surface area contributed by atoms with Gasteiger partial charge in [0.1, 0.15) is 0 Å². The van der Waals surface area contributed by atoms with Crippen molar-refractivity contribution in [2.24, 2.45) is 5.41 Å². The van der Waals surface area contributed by atoms with Crippen LogP contribution in [-0.4, -0.2) is 40.5 Å². The highest BCUT2D eigenvalue weighted by molar-refractivity contribution is 5.94. The first-order valence-corrected chi connectivity index (χ1v) is 6.91. The van der Waals surface area contributed by atoms with E-state index in [9.17, 15) is 14.4 Å². The molecule has 0 aromatic carbocycles. The Labute approximate surface area is 120 Å². The van der Waals surface area contributed by atoms with E-state index in [2.05, 4.69) is 5.32 Å². The molecule has 20 heavy (non-hydrogen) atoms. The number of carbonyl (C=O) groups excluding carboxylic acids is 2. The second-order valence-electron chi connectivity index (χ2n) is 6.05. The average Bonchev–Trinajstić information content (AvgIpc) is 2.21. The molecule has 0 fully saturated rings. The Kier molecular flexibility index (Phi) is 7.24. The summed E-state index contributed by atoms with van der Waals surface area (Å²) in [6, 6.07) is -0.409. The topological polar surface area (TPSA) is 86.7 Å². The van der Waals surface area contributed by atoms with Crippen LogP contribution in [0.25, 0.3) is 0 Å². The second kappa shape index (κ2) is 7.87. The number of carboxylic acids is 1. The molecule has 3 amide bonds. The molecule has 6 heteroatoms. The number of carboxylic acid groups (broad SMARTS) is 1. The van der Waals surface area contributed by atoms with Gasteiger partial charge < -0.3 is 10.0 Å². The lowest BCUT2D eigenvalue weighted by Crippen LogP contribution is -2.47. The number of urea groups is 1. The summed E-state index contributed by atoms with van der Waals surface area (Å²) < 4.78 is 0. The Hall–Kier alpha value is -1.59. The fourth-order valence-electron chi connectivity index (χ4n) is 1.98. The van der Waals surface area contributed by atoms with Crippen molar-refractivity contribution in [2.75, 3.05) is 6.54 Å². The molecule has 2 N–H and O–H groups in total. The van der Waals surface area contributed by atoms with Gasteiger partial charge in [0, 0.05) is 19.0 Å². The number of imide groups is 1. The zero-order chi connectivity index (χ0) is 15.9. The maximum atomic E-state index is 12.0. The predicted octanol–water partition coefficient (Wildman–Crippen LogP) is 2.23. The Morgan fingerprint density at radius 1 is 1.20 bits per heavy atom. The number of aliphatic carboxylic acids is 1. The van der Waals surface area contributed by atoms with Crippen LogP contribution < -0.4 is 5.32 Å². The van der Waals surface area contributed by atoms with Crippen LogP contribution in [0.3, 0.4) is 0 Å². The number of amides is 3. The number of carbonyl (C=O) groups is 3. The number of hydrogen-bond acceptors (Lipinski definition) is 3. The van der Waals surface area contributed by atoms with Crippen molar-refractivity contribution in [3.63, 3.8) is 0 Å². The van der Waals surface area contributed by atoms with E-state index >= 15 is 0 Å². The first kappa shape index (κ1) is 18.4. The van der Waals surface area contributed by atoms with Crippen LogP contribution in [0.1, 0.15) is 53.9 Å². The lowest BCUT2D eigenvalue weighted by molar-refractivity contribution is -0.139. The number of hydrogen-bond donors (Lipinski definition) is 2. The van der Waals surface area contributed by atoms with Crippen LogP contribution in [0, 0.1) is 5.41 Å². The summed E-state index contributed by atoms with van der Waals surface area (Å²) >= 11 is 0. The van der Waals surface area contributed by atoms with Crippen molar-refractivity contribution in [3.05, 3.63) is 0 Å². The molecule has 116 valence electrons. The van der Waals surface area contributed by atoms with E-state index in [-0.39, 0.29) is 18.9 Å². The quantitative estimate of drug-likeness (QED) is 0.751. The average molecular weight is 286 g/mol. The van der Waals surface area contributed by atoms with Crippen LogP contribution in [0.15, 0.2) is 0 Å². The summed E-state index contributed by atoms with van der Waals surface area (Å²) in [6.45, 7) is 9.69. The van der Waals surface area contributed by atoms with E-state index in [1.54, 1.807) is 18.7 Å². The Morgan fingerprint density at radius 3 is 2.15 bits per heavy atom. The molecule has 0 aliphatic carbocycles. The van der Waals surface area contributed by atoms with E-state index in [1.807, 2.05) is 20.8 Å². The van der Waals surface area contributed by atoms with E-state index in [0.717, 1.165) is 6.42 Å². The minimum absolute atomic E-state index is 0.00308. The summed E-state index contributed by atoms with van der Waals surface area (Å²) in [7, 11) is 0. The number of rotatable bonds is 7. The fraction of sp³-hybridized carbons (Fsp3) is 0.786. The summed E-state index contributed by atoms with van der Waals surface area (Å²) in [5, 5.41) is 11.1. The van der Waals surface area contributed by atoms with E-state index in [4.69, 9.17) is 5.11 Å². The van der Waals surface area contributed by atoms with Crippen molar-refractivity contribution in [1.82, 2.24) is 10.2 Å². The molecule has 0 aromatic heterocycles. The van der Waals surface area contributed by atoms with Crippen molar-refractivity contribution in [2.45, 2.75) is 59.9 Å². The third-order valence-corrected chi connectivity index (χ3v) is 2.86. The lowest BCUT2D eigenvalue weighted by atomic mass is 9.85. The minimum Gasteiger partial charge on any atom is -0.481 e. The van der Waals surface area contributed by atoms with Gasteiger partial charge in [0.15, 0.2) is 0 Å². The third kappa shape index (κ3) is 7.11. The number of nitrogens with one attached hydrogen (secondary N) is 1. The second-order valence-corrected chi connectivity index (χ2v) is 6.05. The summed E-state index contributed by atoms with van der Waals surface area (Å²) in [5.74, 6) is -1.40. The molecule has 0 aliphatic rings. The van der Waals surface area contributed by atoms with E-state index < -0.39 is 23.3 Å². The number of nitrogens with zero attached hydrogens (tertiary/aromatic N) is 1. The zero-order valence-electron chi connectivity index (χ0n) is 13.0. The van der Waals surface area contributed by atoms with Gasteiger partial charge in [-0.25, -0.2) is 4.79 Å². The van der Waals surface area contributed by atoms with Gasteiger partial charge in [-0.1, -0.05) is 20.8 Å². The van der Waals surface area contributed by atoms with Crippen LogP contribution in [-0.2, 0) is 9.59 Å². The Morgan fingerprint density at radius 2 is 1.75 bits per heavy atom. The molecule has 0 rings (SSSR count). The summed E-state index contributed by atoms with van der Waals surface area (Å²) in [4.78, 5) is 36.1. The Bertz CT molecular complexity index is 364. The highest BCUT2D eigenvalue weighted by Crippen LogP contribution is 2.24. The van der Waals surface area contributed by atoms with E-state index in [0.29, 0.717) is 6.54 Å². The molecule has 0 aliphatic heterocycles. The Balaban J connectivity index is 4.52. The van der Waals surface area contributed by atoms with Crippen LogP contribution in [0.2, 0.25) is 0 Å². The normalized spacial score (nSPS) is 11.3. The standard InChI is InChI=1S/C14H26N2O4/c1-6-7-16(10(2)3)13(20)15-11(17)8-14(4,5)9-12(18)19/h10H,6-9H2,1-5H3,(H,18,19)(H,15,17,20). The molecule has 0 heterocycles. The summed E-state index contributed by atoms with van der Waals surface area (Å²) in [6.07, 6.45) is 0.699. The fourth-order valence-corrected chi connectivity index (χ4v) is 1.98. The molecule has 0 saturated heterocycles. The SMILES string of the molecule is CCCN(C(=O)NC(=O)CC(C)(C)CC(=O)O)C(C)C. The van der Waals surface area contributed by atoms with Gasteiger partial charge in [-0.2, -0.15) is 0 Å².